The summed E-state index contributed by atoms with van der Waals surface area (Å²) in [6, 6.07) is 12.0. The Morgan fingerprint density at radius 1 is 0.724 bits per heavy atom. The summed E-state index contributed by atoms with van der Waals surface area (Å²) < 4.78 is 59.1. The lowest BCUT2D eigenvalue weighted by Gasteiger charge is -2.13. The third-order valence-corrected chi connectivity index (χ3v) is 5.10. The van der Waals surface area contributed by atoms with Gasteiger partial charge in [0.2, 0.25) is 0 Å². The minimum Gasteiger partial charge on any atom is -0.396 e. The quantitative estimate of drug-likeness (QED) is 0.522. The normalized spacial score (nSPS) is 11.6. The Hall–Kier alpha value is -1.82. The van der Waals surface area contributed by atoms with Crippen molar-refractivity contribution < 1.29 is 36.2 Å². The van der Waals surface area contributed by atoms with Gasteiger partial charge < -0.3 is 10.2 Å². The van der Waals surface area contributed by atoms with Gasteiger partial charge in [-0.05, 0) is 58.4 Å². The lowest BCUT2D eigenvalue weighted by atomic mass is 10.1. The van der Waals surface area contributed by atoms with Crippen LogP contribution in [0.3, 0.4) is 0 Å². The van der Waals surface area contributed by atoms with E-state index in [-0.39, 0.29) is 16.4 Å². The topological polar surface area (TPSA) is 149 Å². The van der Waals surface area contributed by atoms with Gasteiger partial charge in [-0.3, -0.25) is 9.11 Å². The Labute approximate surface area is 172 Å². The number of aryl methyl sites for hydroxylation is 2. The molecule has 0 atom stereocenters. The molecule has 4 N–H and O–H groups in total. The van der Waals surface area contributed by atoms with Crippen LogP contribution in [0.4, 0.5) is 0 Å². The first-order valence-corrected chi connectivity index (χ1v) is 11.4. The predicted molar refractivity (Wildman–Crippen MR) is 110 cm³/mol. The summed E-state index contributed by atoms with van der Waals surface area (Å²) in [6.07, 6.45) is 0.451. The molecule has 29 heavy (non-hydrogen) atoms. The van der Waals surface area contributed by atoms with Crippen molar-refractivity contribution in [3.8, 4) is 0 Å². The molecule has 0 amide bonds. The number of hydrogen-bond acceptors (Lipinski definition) is 6. The molecule has 0 aliphatic heterocycles. The van der Waals surface area contributed by atoms with E-state index in [9.17, 15) is 16.8 Å². The molecular formula is C19H28O8S2. The van der Waals surface area contributed by atoms with Crippen LogP contribution in [-0.2, 0) is 20.2 Å². The Morgan fingerprint density at radius 2 is 1.00 bits per heavy atom. The van der Waals surface area contributed by atoms with Crippen LogP contribution in [0, 0.1) is 13.8 Å². The van der Waals surface area contributed by atoms with Crippen LogP contribution in [0.15, 0.2) is 58.3 Å². The van der Waals surface area contributed by atoms with E-state index in [4.69, 9.17) is 19.3 Å². The van der Waals surface area contributed by atoms with Gasteiger partial charge in [-0.2, -0.15) is 16.8 Å². The number of aliphatic hydroxyl groups excluding tert-OH is 1. The first kappa shape index (κ1) is 27.2. The summed E-state index contributed by atoms with van der Waals surface area (Å²) in [5.74, 6) is 0. The molecule has 0 spiro atoms. The van der Waals surface area contributed by atoms with Crippen LogP contribution in [0.2, 0.25) is 0 Å². The molecule has 0 aromatic heterocycles. The van der Waals surface area contributed by atoms with Crippen molar-refractivity contribution in [3.63, 3.8) is 0 Å². The fourth-order valence-electron chi connectivity index (χ4n) is 1.69. The highest BCUT2D eigenvalue weighted by molar-refractivity contribution is 7.86. The van der Waals surface area contributed by atoms with Crippen molar-refractivity contribution >= 4 is 20.2 Å². The van der Waals surface area contributed by atoms with Gasteiger partial charge in [-0.15, -0.1) is 0 Å². The summed E-state index contributed by atoms with van der Waals surface area (Å²) in [7, 11) is -8.04. The summed E-state index contributed by atoms with van der Waals surface area (Å²) in [4.78, 5) is -0.133. The molecule has 0 aliphatic carbocycles. The summed E-state index contributed by atoms with van der Waals surface area (Å²) in [5.41, 5.74) is 1.21. The molecule has 10 heteroatoms. The van der Waals surface area contributed by atoms with E-state index in [1.807, 2.05) is 13.8 Å². The zero-order chi connectivity index (χ0) is 22.9. The number of benzene rings is 2. The van der Waals surface area contributed by atoms with Gasteiger partial charge in [0.1, 0.15) is 0 Å². The molecular weight excluding hydrogens is 420 g/mol. The molecule has 0 radical (unpaired) electrons. The van der Waals surface area contributed by atoms with Gasteiger partial charge in [0.15, 0.2) is 0 Å². The Balaban J connectivity index is 0.000000419. The van der Waals surface area contributed by atoms with Gasteiger partial charge in [-0.1, -0.05) is 35.4 Å². The maximum atomic E-state index is 10.5. The van der Waals surface area contributed by atoms with Crippen LogP contribution in [0.25, 0.3) is 0 Å². The molecule has 0 saturated heterocycles. The fourth-order valence-corrected chi connectivity index (χ4v) is 2.65. The van der Waals surface area contributed by atoms with E-state index in [2.05, 4.69) is 0 Å². The van der Waals surface area contributed by atoms with Gasteiger partial charge in [0.25, 0.3) is 20.2 Å². The summed E-state index contributed by atoms with van der Waals surface area (Å²) in [6.45, 7) is 7.08. The van der Waals surface area contributed by atoms with Crippen LogP contribution in [0.5, 0.6) is 0 Å². The molecule has 0 bridgehead atoms. The number of hydrogen-bond donors (Lipinski definition) is 4. The second kappa shape index (κ2) is 11.4. The van der Waals surface area contributed by atoms with Crippen molar-refractivity contribution in [1.29, 1.82) is 0 Å². The van der Waals surface area contributed by atoms with Gasteiger partial charge >= 0.3 is 0 Å². The van der Waals surface area contributed by atoms with Crippen molar-refractivity contribution in [2.45, 2.75) is 49.5 Å². The molecule has 0 heterocycles. The molecule has 164 valence electrons. The summed E-state index contributed by atoms with van der Waals surface area (Å²) >= 11 is 0. The number of rotatable bonds is 4. The fraction of sp³-hybridized carbons (Fsp3) is 0.368. The average molecular weight is 449 g/mol. The Bertz CT molecular complexity index is 867. The van der Waals surface area contributed by atoms with Crippen LogP contribution >= 0.6 is 0 Å². The molecule has 2 aromatic carbocycles. The molecule has 8 nitrogen and oxygen atoms in total. The smallest absolute Gasteiger partial charge is 0.294 e. The Kier molecular flexibility index (Phi) is 10.7. The maximum absolute atomic E-state index is 10.5. The summed E-state index contributed by atoms with van der Waals surface area (Å²) in [5, 5.41) is 17.1. The second-order valence-electron chi connectivity index (χ2n) is 6.86. The molecule has 0 aliphatic rings. The van der Waals surface area contributed by atoms with Gasteiger partial charge in [-0.25, -0.2) is 0 Å². The largest absolute Gasteiger partial charge is 0.396 e. The SMILES string of the molecule is CC(C)(O)CCO.Cc1ccc(S(=O)(=O)O)cc1.Cc1ccc(S(=O)(=O)O)cc1. The first-order chi connectivity index (χ1) is 13.1. The van der Waals surface area contributed by atoms with Crippen molar-refractivity contribution in [3.05, 3.63) is 59.7 Å². The highest BCUT2D eigenvalue weighted by atomic mass is 32.2. The van der Waals surface area contributed by atoms with Crippen LogP contribution in [0.1, 0.15) is 31.4 Å². The van der Waals surface area contributed by atoms with E-state index >= 15 is 0 Å². The molecule has 0 unspecified atom stereocenters. The van der Waals surface area contributed by atoms with Crippen molar-refractivity contribution in [1.82, 2.24) is 0 Å². The van der Waals surface area contributed by atoms with Gasteiger partial charge in [0, 0.05) is 6.61 Å². The van der Waals surface area contributed by atoms with E-state index in [1.165, 1.54) is 24.3 Å². The average Bonchev–Trinajstić information content (AvgIpc) is 2.54. The molecule has 0 fully saturated rings. The number of aliphatic hydroxyl groups is 2. The Morgan fingerprint density at radius 3 is 1.14 bits per heavy atom. The standard InChI is InChI=1S/2C7H8O3S.C5H12O2/c2*1-6-2-4-7(5-3-6)11(8,9)10;1-5(2,7)3-4-6/h2*2-5H,1H3,(H,8,9,10);6-7H,3-4H2,1-2H3. The van der Waals surface area contributed by atoms with Crippen LogP contribution < -0.4 is 0 Å². The lowest BCUT2D eigenvalue weighted by Crippen LogP contribution is -2.19. The second-order valence-corrected chi connectivity index (χ2v) is 9.71. The van der Waals surface area contributed by atoms with E-state index in [1.54, 1.807) is 38.1 Å². The third kappa shape index (κ3) is 13.1. The first-order valence-electron chi connectivity index (χ1n) is 8.48. The lowest BCUT2D eigenvalue weighted by molar-refractivity contribution is 0.0515. The third-order valence-electron chi connectivity index (χ3n) is 3.36. The zero-order valence-electron chi connectivity index (χ0n) is 16.8. The van der Waals surface area contributed by atoms with E-state index in [0.29, 0.717) is 6.42 Å². The van der Waals surface area contributed by atoms with Gasteiger partial charge in [0.05, 0.1) is 15.4 Å². The minimum atomic E-state index is -4.02. The minimum absolute atomic E-state index is 0.0590. The van der Waals surface area contributed by atoms with Crippen molar-refractivity contribution in [2.75, 3.05) is 6.61 Å². The van der Waals surface area contributed by atoms with E-state index in [0.717, 1.165) is 11.1 Å². The zero-order valence-corrected chi connectivity index (χ0v) is 18.4. The van der Waals surface area contributed by atoms with Crippen molar-refractivity contribution in [2.24, 2.45) is 0 Å². The highest BCUT2D eigenvalue weighted by Crippen LogP contribution is 2.09. The monoisotopic (exact) mass is 448 g/mol. The molecule has 2 rings (SSSR count). The molecule has 2 aromatic rings. The maximum Gasteiger partial charge on any atom is 0.294 e. The highest BCUT2D eigenvalue weighted by Gasteiger charge is 2.09. The van der Waals surface area contributed by atoms with Crippen LogP contribution in [-0.4, -0.2) is 48.4 Å². The predicted octanol–water partition coefficient (Wildman–Crippen LogP) is 2.62. The molecule has 0 saturated carbocycles. The van der Waals surface area contributed by atoms with E-state index < -0.39 is 25.8 Å².